The van der Waals surface area contributed by atoms with Crippen molar-refractivity contribution >= 4 is 33.4 Å². The molecule has 5 rings (SSSR count). The van der Waals surface area contributed by atoms with Gasteiger partial charge in [-0.1, -0.05) is 6.07 Å². The van der Waals surface area contributed by atoms with Crippen LogP contribution in [0.4, 0.5) is 11.6 Å². The summed E-state index contributed by atoms with van der Waals surface area (Å²) in [5.41, 5.74) is 8.79. The van der Waals surface area contributed by atoms with Crippen molar-refractivity contribution in [3.63, 3.8) is 0 Å². The van der Waals surface area contributed by atoms with Crippen LogP contribution in [0.25, 0.3) is 21.8 Å². The maximum Gasteiger partial charge on any atom is 0.234 e. The highest BCUT2D eigenvalue weighted by Crippen LogP contribution is 2.37. The average Bonchev–Trinajstić information content (AvgIpc) is 3.25. The van der Waals surface area contributed by atoms with Gasteiger partial charge in [-0.25, -0.2) is 9.97 Å². The fourth-order valence-corrected chi connectivity index (χ4v) is 4.02. The highest BCUT2D eigenvalue weighted by Gasteiger charge is 2.22. The lowest BCUT2D eigenvalue weighted by atomic mass is 10.1. The number of aromatic nitrogens is 5. The van der Waals surface area contributed by atoms with Crippen molar-refractivity contribution in [2.45, 2.75) is 25.8 Å². The normalized spacial score (nSPS) is 15.2. The van der Waals surface area contributed by atoms with Crippen LogP contribution in [-0.4, -0.2) is 51.3 Å². The van der Waals surface area contributed by atoms with Gasteiger partial charge >= 0.3 is 0 Å². The molecule has 1 saturated heterocycles. The van der Waals surface area contributed by atoms with Crippen molar-refractivity contribution < 1.29 is 4.74 Å². The highest BCUT2D eigenvalue weighted by atomic mass is 16.5. The Balaban J connectivity index is 1.61. The summed E-state index contributed by atoms with van der Waals surface area (Å²) >= 11 is 0. The molecule has 0 bridgehead atoms. The first kappa shape index (κ1) is 18.6. The quantitative estimate of drug-likeness (QED) is 0.475. The molecule has 4 heterocycles. The number of nitrogen functional groups attached to an aromatic ring is 1. The van der Waals surface area contributed by atoms with Crippen molar-refractivity contribution in [1.29, 1.82) is 0 Å². The maximum absolute atomic E-state index is 6.38. The lowest BCUT2D eigenvalue weighted by Crippen LogP contribution is -2.41. The zero-order chi connectivity index (χ0) is 20.7. The first-order chi connectivity index (χ1) is 14.6. The Labute approximate surface area is 173 Å². The Bertz CT molecular complexity index is 1210. The number of aromatic amines is 1. The molecular weight excluding hydrogens is 380 g/mol. The molecule has 0 radical (unpaired) electrons. The number of hydrogen-bond acceptors (Lipinski definition) is 8. The third-order valence-corrected chi connectivity index (χ3v) is 5.80. The fraction of sp³-hybridized carbons (Fsp3) is 0.333. The van der Waals surface area contributed by atoms with Gasteiger partial charge in [-0.2, -0.15) is 10.1 Å². The van der Waals surface area contributed by atoms with E-state index >= 15 is 0 Å². The van der Waals surface area contributed by atoms with Crippen molar-refractivity contribution in [3.8, 4) is 11.6 Å². The SMILES string of the molecule is CNC1CCN(c2cc3ncnc(N)c3c(Oc3c(C)ccc4[nH]ncc34)n2)CC1. The number of H-pyrrole nitrogens is 1. The van der Waals surface area contributed by atoms with E-state index in [-0.39, 0.29) is 0 Å². The minimum Gasteiger partial charge on any atom is -0.437 e. The summed E-state index contributed by atoms with van der Waals surface area (Å²) in [6.45, 7) is 3.83. The first-order valence-electron chi connectivity index (χ1n) is 10.1. The molecule has 0 aliphatic carbocycles. The minimum absolute atomic E-state index is 0.347. The number of piperidine rings is 1. The summed E-state index contributed by atoms with van der Waals surface area (Å²) in [7, 11) is 2.01. The van der Waals surface area contributed by atoms with Crippen LogP contribution in [-0.2, 0) is 0 Å². The molecule has 4 N–H and O–H groups in total. The Morgan fingerprint density at radius 1 is 1.23 bits per heavy atom. The number of pyridine rings is 1. The number of nitrogens with zero attached hydrogens (tertiary/aromatic N) is 5. The Hall–Kier alpha value is -3.46. The monoisotopic (exact) mass is 404 g/mol. The number of rotatable bonds is 4. The summed E-state index contributed by atoms with van der Waals surface area (Å²) in [5, 5.41) is 12.0. The molecule has 154 valence electrons. The lowest BCUT2D eigenvalue weighted by molar-refractivity contribution is 0.437. The lowest BCUT2D eigenvalue weighted by Gasteiger charge is -2.32. The number of hydrogen-bond donors (Lipinski definition) is 3. The molecule has 4 aromatic rings. The summed E-state index contributed by atoms with van der Waals surface area (Å²) in [6, 6.07) is 6.47. The number of aryl methyl sites for hydroxylation is 1. The largest absolute Gasteiger partial charge is 0.437 e. The van der Waals surface area contributed by atoms with E-state index in [9.17, 15) is 0 Å². The number of ether oxygens (including phenoxy) is 1. The summed E-state index contributed by atoms with van der Waals surface area (Å²) in [6.07, 6.45) is 5.35. The van der Waals surface area contributed by atoms with Crippen molar-refractivity contribution in [2.24, 2.45) is 0 Å². The van der Waals surface area contributed by atoms with Gasteiger partial charge in [-0.05, 0) is 38.4 Å². The molecule has 9 heteroatoms. The van der Waals surface area contributed by atoms with Crippen LogP contribution in [0.15, 0.2) is 30.7 Å². The molecule has 1 aliphatic rings. The van der Waals surface area contributed by atoms with Gasteiger partial charge in [-0.3, -0.25) is 5.10 Å². The molecule has 1 aliphatic heterocycles. The highest BCUT2D eigenvalue weighted by molar-refractivity contribution is 5.95. The van der Waals surface area contributed by atoms with E-state index in [1.807, 2.05) is 32.2 Å². The van der Waals surface area contributed by atoms with E-state index in [0.29, 0.717) is 28.9 Å². The molecule has 1 fully saturated rings. The first-order valence-corrected chi connectivity index (χ1v) is 10.1. The second-order valence-corrected chi connectivity index (χ2v) is 7.63. The Morgan fingerprint density at radius 3 is 2.87 bits per heavy atom. The van der Waals surface area contributed by atoms with E-state index < -0.39 is 0 Å². The molecular formula is C21H24N8O. The fourth-order valence-electron chi connectivity index (χ4n) is 4.02. The number of nitrogens with one attached hydrogen (secondary N) is 2. The van der Waals surface area contributed by atoms with Crippen LogP contribution in [0.2, 0.25) is 0 Å². The smallest absolute Gasteiger partial charge is 0.234 e. The van der Waals surface area contributed by atoms with Gasteiger partial charge in [-0.15, -0.1) is 0 Å². The van der Waals surface area contributed by atoms with Gasteiger partial charge in [0.15, 0.2) is 0 Å². The molecule has 0 spiro atoms. The summed E-state index contributed by atoms with van der Waals surface area (Å²) in [4.78, 5) is 15.7. The van der Waals surface area contributed by atoms with Crippen LogP contribution in [0.1, 0.15) is 18.4 Å². The molecule has 0 amide bonds. The Morgan fingerprint density at radius 2 is 2.07 bits per heavy atom. The molecule has 30 heavy (non-hydrogen) atoms. The second kappa shape index (κ2) is 7.42. The minimum atomic E-state index is 0.347. The topological polar surface area (TPSA) is 118 Å². The predicted molar refractivity (Wildman–Crippen MR) is 117 cm³/mol. The van der Waals surface area contributed by atoms with E-state index in [2.05, 4.69) is 30.4 Å². The molecule has 3 aromatic heterocycles. The molecule has 9 nitrogen and oxygen atoms in total. The van der Waals surface area contributed by atoms with Crippen LogP contribution < -0.4 is 20.7 Å². The standard InChI is InChI=1S/C21H24N8O/c1-12-3-4-15-14(10-26-28-15)19(12)30-21-18-16(24-11-25-20(18)22)9-17(27-21)29-7-5-13(23-2)6-8-29/h3-4,9-11,13,23H,5-8H2,1-2H3,(H,26,28)(H2,22,24,25). The zero-order valence-electron chi connectivity index (χ0n) is 17.0. The van der Waals surface area contributed by atoms with Crippen LogP contribution in [0.3, 0.4) is 0 Å². The molecule has 0 saturated carbocycles. The van der Waals surface area contributed by atoms with Gasteiger partial charge in [0.05, 0.1) is 22.6 Å². The second-order valence-electron chi connectivity index (χ2n) is 7.63. The zero-order valence-corrected chi connectivity index (χ0v) is 17.0. The van der Waals surface area contributed by atoms with E-state index in [1.165, 1.54) is 6.33 Å². The Kier molecular flexibility index (Phi) is 4.59. The number of nitrogens with two attached hydrogens (primary N) is 1. The number of benzene rings is 1. The summed E-state index contributed by atoms with van der Waals surface area (Å²) < 4.78 is 6.38. The third-order valence-electron chi connectivity index (χ3n) is 5.80. The maximum atomic E-state index is 6.38. The predicted octanol–water partition coefficient (Wildman–Crippen LogP) is 2.77. The van der Waals surface area contributed by atoms with Gasteiger partial charge in [0.1, 0.15) is 29.1 Å². The van der Waals surface area contributed by atoms with E-state index in [0.717, 1.165) is 53.7 Å². The number of anilines is 2. The van der Waals surface area contributed by atoms with Gasteiger partial charge in [0.2, 0.25) is 5.88 Å². The average molecular weight is 404 g/mol. The molecule has 0 unspecified atom stereocenters. The van der Waals surface area contributed by atoms with Crippen molar-refractivity contribution in [2.75, 3.05) is 30.8 Å². The molecule has 0 atom stereocenters. The third kappa shape index (κ3) is 3.17. The van der Waals surface area contributed by atoms with Crippen LogP contribution >= 0.6 is 0 Å². The van der Waals surface area contributed by atoms with Gasteiger partial charge in [0, 0.05) is 25.2 Å². The van der Waals surface area contributed by atoms with Crippen molar-refractivity contribution in [1.82, 2.24) is 30.5 Å². The molecule has 1 aromatic carbocycles. The van der Waals surface area contributed by atoms with Crippen LogP contribution in [0.5, 0.6) is 11.6 Å². The van der Waals surface area contributed by atoms with Crippen molar-refractivity contribution in [3.05, 3.63) is 36.3 Å². The van der Waals surface area contributed by atoms with Gasteiger partial charge in [0.25, 0.3) is 0 Å². The summed E-state index contributed by atoms with van der Waals surface area (Å²) in [5.74, 6) is 2.29. The van der Waals surface area contributed by atoms with Gasteiger partial charge < -0.3 is 20.7 Å². The van der Waals surface area contributed by atoms with Crippen LogP contribution in [0, 0.1) is 6.92 Å². The van der Waals surface area contributed by atoms with E-state index in [1.54, 1.807) is 6.20 Å². The van der Waals surface area contributed by atoms with E-state index in [4.69, 9.17) is 15.5 Å². The number of fused-ring (bicyclic) bond motifs is 2.